The first kappa shape index (κ1) is 26.2. The number of nitrogens with one attached hydrogen (secondary N) is 1. The fourth-order valence-corrected chi connectivity index (χ4v) is 5.22. The number of fused-ring (bicyclic) bond motifs is 3. The molecule has 0 saturated carbocycles. The lowest BCUT2D eigenvalue weighted by Crippen LogP contribution is -2.60. The molecule has 1 amide bonds. The van der Waals surface area contributed by atoms with Gasteiger partial charge in [0, 0.05) is 24.7 Å². The van der Waals surface area contributed by atoms with Crippen molar-refractivity contribution in [3.05, 3.63) is 52.3 Å². The van der Waals surface area contributed by atoms with Crippen LogP contribution in [-0.4, -0.2) is 41.9 Å². The first-order valence-electron chi connectivity index (χ1n) is 11.8. The van der Waals surface area contributed by atoms with Crippen molar-refractivity contribution in [2.24, 2.45) is 0 Å². The van der Waals surface area contributed by atoms with Crippen LogP contribution in [-0.2, 0) is 9.59 Å². The van der Waals surface area contributed by atoms with E-state index in [0.29, 0.717) is 27.7 Å². The Kier molecular flexibility index (Phi) is 7.82. The van der Waals surface area contributed by atoms with Gasteiger partial charge in [0.1, 0.15) is 0 Å². The van der Waals surface area contributed by atoms with Crippen LogP contribution >= 0.6 is 11.8 Å². The number of aromatic amines is 1. The Morgan fingerprint density at radius 3 is 2.41 bits per heavy atom. The molecule has 0 spiro atoms. The number of carbonyl (C=O) groups is 2. The van der Waals surface area contributed by atoms with E-state index in [1.54, 1.807) is 33.8 Å². The van der Waals surface area contributed by atoms with Gasteiger partial charge in [0.25, 0.3) is 6.17 Å². The minimum atomic E-state index is -0.843. The molecule has 11 heteroatoms. The van der Waals surface area contributed by atoms with Crippen molar-refractivity contribution >= 4 is 29.3 Å². The fraction of sp³-hybridized carbons (Fsp3) is 0.346. The van der Waals surface area contributed by atoms with E-state index in [4.69, 9.17) is 19.3 Å². The standard InChI is InChI=1S/C26H28N4O6S/c1-6-7-12-37-26-27-24(33)22-18-10-8-9-11-19(18)29(15(2)31)25(30(22)28-26)17-13-20(34-4)23(36-16(3)32)21(14-17)35-5/h8-11,13-14,25H,6-7,12H2,1-5H3/p+1/t25-/m0/s1. The van der Waals surface area contributed by atoms with E-state index in [1.807, 2.05) is 12.1 Å². The fourth-order valence-electron chi connectivity index (χ4n) is 4.28. The molecule has 0 bridgehead atoms. The quantitative estimate of drug-likeness (QED) is 0.156. The number of para-hydroxylation sites is 1. The molecule has 1 aromatic heterocycles. The van der Waals surface area contributed by atoms with Gasteiger partial charge < -0.3 is 14.2 Å². The maximum atomic E-state index is 13.4. The van der Waals surface area contributed by atoms with Crippen LogP contribution in [0.2, 0.25) is 0 Å². The summed E-state index contributed by atoms with van der Waals surface area (Å²) in [5.41, 5.74) is 1.71. The second-order valence-electron chi connectivity index (χ2n) is 8.38. The smallest absolute Gasteiger partial charge is 0.325 e. The van der Waals surface area contributed by atoms with E-state index in [0.717, 1.165) is 18.6 Å². The number of rotatable bonds is 8. The minimum absolute atomic E-state index is 0.117. The zero-order valence-electron chi connectivity index (χ0n) is 21.4. The lowest BCUT2D eigenvalue weighted by Gasteiger charge is -2.31. The summed E-state index contributed by atoms with van der Waals surface area (Å²) in [6, 6.07) is 10.5. The number of amides is 1. The van der Waals surface area contributed by atoms with Crippen molar-refractivity contribution in [3.8, 4) is 28.5 Å². The normalized spacial score (nSPS) is 14.0. The van der Waals surface area contributed by atoms with E-state index in [-0.39, 0.29) is 28.7 Å². The number of hydrogen-bond donors (Lipinski definition) is 1. The molecule has 1 aliphatic heterocycles. The molecule has 1 aliphatic rings. The second kappa shape index (κ2) is 11.0. The zero-order chi connectivity index (χ0) is 26.7. The average molecular weight is 526 g/mol. The Labute approximate surface area is 218 Å². The minimum Gasteiger partial charge on any atom is -0.493 e. The van der Waals surface area contributed by atoms with Crippen molar-refractivity contribution in [1.82, 2.24) is 10.1 Å². The summed E-state index contributed by atoms with van der Waals surface area (Å²) < 4.78 is 18.0. The van der Waals surface area contributed by atoms with Crippen molar-refractivity contribution in [1.29, 1.82) is 0 Å². The van der Waals surface area contributed by atoms with Gasteiger partial charge in [-0.25, -0.2) is 4.90 Å². The van der Waals surface area contributed by atoms with Crippen LogP contribution in [0.5, 0.6) is 17.2 Å². The third-order valence-corrected chi connectivity index (χ3v) is 6.81. The molecule has 0 aliphatic carbocycles. The van der Waals surface area contributed by atoms with E-state index in [9.17, 15) is 14.4 Å². The highest BCUT2D eigenvalue weighted by Gasteiger charge is 2.45. The highest BCUT2D eigenvalue weighted by Crippen LogP contribution is 2.43. The van der Waals surface area contributed by atoms with Gasteiger partial charge in [0.05, 0.1) is 31.0 Å². The maximum absolute atomic E-state index is 13.4. The molecule has 0 unspecified atom stereocenters. The number of thioether (sulfide) groups is 1. The lowest BCUT2D eigenvalue weighted by molar-refractivity contribution is -0.763. The Morgan fingerprint density at radius 1 is 1.14 bits per heavy atom. The number of aromatic nitrogens is 3. The first-order valence-corrected chi connectivity index (χ1v) is 12.8. The van der Waals surface area contributed by atoms with Crippen LogP contribution in [0.25, 0.3) is 11.3 Å². The Hall–Kier alpha value is -3.86. The topological polar surface area (TPSA) is 115 Å². The predicted molar refractivity (Wildman–Crippen MR) is 138 cm³/mol. The van der Waals surface area contributed by atoms with Gasteiger partial charge in [0.15, 0.2) is 11.5 Å². The zero-order valence-corrected chi connectivity index (χ0v) is 22.2. The molecule has 0 radical (unpaired) electrons. The predicted octanol–water partition coefficient (Wildman–Crippen LogP) is 3.47. The van der Waals surface area contributed by atoms with Gasteiger partial charge in [0.2, 0.25) is 16.8 Å². The second-order valence-corrected chi connectivity index (χ2v) is 9.47. The number of H-pyrrole nitrogens is 1. The average Bonchev–Trinajstić information content (AvgIpc) is 2.87. The van der Waals surface area contributed by atoms with E-state index in [2.05, 4.69) is 11.9 Å². The molecule has 0 saturated heterocycles. The molecular formula is C26H29N4O6S+. The largest absolute Gasteiger partial charge is 0.493 e. The summed E-state index contributed by atoms with van der Waals surface area (Å²) in [5.74, 6) is 0.581. The van der Waals surface area contributed by atoms with Crippen LogP contribution in [0.1, 0.15) is 45.3 Å². The van der Waals surface area contributed by atoms with Crippen molar-refractivity contribution in [2.45, 2.75) is 44.9 Å². The van der Waals surface area contributed by atoms with Gasteiger partial charge in [-0.2, -0.15) is 0 Å². The molecule has 1 atom stereocenters. The Bertz CT molecular complexity index is 1380. The number of methoxy groups -OCH3 is 2. The summed E-state index contributed by atoms with van der Waals surface area (Å²) in [6.07, 6.45) is 1.13. The molecular weight excluding hydrogens is 496 g/mol. The van der Waals surface area contributed by atoms with Crippen molar-refractivity contribution in [2.75, 3.05) is 24.9 Å². The number of hydrogen-bond acceptors (Lipinski definition) is 8. The van der Waals surface area contributed by atoms with Crippen LogP contribution in [0.3, 0.4) is 0 Å². The molecule has 194 valence electrons. The summed E-state index contributed by atoms with van der Waals surface area (Å²) in [4.78, 5) is 42.7. The molecule has 1 N–H and O–H groups in total. The number of unbranched alkanes of at least 4 members (excludes halogenated alkanes) is 1. The number of carbonyl (C=O) groups excluding carboxylic acids is 2. The number of nitrogens with zero attached hydrogens (tertiary/aromatic N) is 3. The molecule has 2 heterocycles. The van der Waals surface area contributed by atoms with Crippen LogP contribution < -0.4 is 29.4 Å². The van der Waals surface area contributed by atoms with E-state index < -0.39 is 12.1 Å². The molecule has 10 nitrogen and oxygen atoms in total. The van der Waals surface area contributed by atoms with Gasteiger partial charge in [-0.1, -0.05) is 37.2 Å². The molecule has 37 heavy (non-hydrogen) atoms. The SMILES string of the molecule is CCCCSc1n[n+]2c(c(=O)[nH]1)-c1ccccc1N(C(C)=O)[C@@H]2c1cc(OC)c(OC(C)=O)c(OC)c1. The maximum Gasteiger partial charge on any atom is 0.325 e. The van der Waals surface area contributed by atoms with Crippen LogP contribution in [0, 0.1) is 0 Å². The Morgan fingerprint density at radius 2 is 1.81 bits per heavy atom. The van der Waals surface area contributed by atoms with Gasteiger partial charge in [-0.05, 0) is 35.4 Å². The third kappa shape index (κ3) is 5.04. The van der Waals surface area contributed by atoms with Crippen LogP contribution in [0.4, 0.5) is 5.69 Å². The lowest BCUT2D eigenvalue weighted by atomic mass is 10.0. The van der Waals surface area contributed by atoms with Gasteiger partial charge >= 0.3 is 17.2 Å². The van der Waals surface area contributed by atoms with E-state index in [1.165, 1.54) is 39.8 Å². The molecule has 0 fully saturated rings. The Balaban J connectivity index is 2.01. The molecule has 4 rings (SSSR count). The van der Waals surface area contributed by atoms with Crippen molar-refractivity contribution < 1.29 is 28.5 Å². The van der Waals surface area contributed by atoms with Gasteiger partial charge in [-0.3, -0.25) is 19.4 Å². The number of ether oxygens (including phenoxy) is 3. The number of benzene rings is 2. The summed E-state index contributed by atoms with van der Waals surface area (Å²) >= 11 is 1.45. The first-order chi connectivity index (χ1) is 17.8. The van der Waals surface area contributed by atoms with Gasteiger partial charge in [-0.15, -0.1) is 0 Å². The monoisotopic (exact) mass is 525 g/mol. The van der Waals surface area contributed by atoms with E-state index >= 15 is 0 Å². The van der Waals surface area contributed by atoms with Crippen molar-refractivity contribution in [3.63, 3.8) is 0 Å². The highest BCUT2D eigenvalue weighted by atomic mass is 32.2. The number of anilines is 1. The van der Waals surface area contributed by atoms with Crippen LogP contribution in [0.15, 0.2) is 46.3 Å². The molecule has 2 aromatic carbocycles. The summed E-state index contributed by atoms with van der Waals surface area (Å²) in [6.45, 7) is 4.83. The third-order valence-electron chi connectivity index (χ3n) is 5.86. The number of esters is 1. The highest BCUT2D eigenvalue weighted by molar-refractivity contribution is 7.99. The molecule has 3 aromatic rings. The summed E-state index contributed by atoms with van der Waals surface area (Å²) in [7, 11) is 2.88. The summed E-state index contributed by atoms with van der Waals surface area (Å²) in [5, 5.41) is 5.23.